The molecule has 1 radical (unpaired) electrons. The van der Waals surface area contributed by atoms with Crippen molar-refractivity contribution in [3.05, 3.63) is 35.9 Å². The molecule has 1 rings (SSSR count). The summed E-state index contributed by atoms with van der Waals surface area (Å²) in [7, 11) is 0. The van der Waals surface area contributed by atoms with Gasteiger partial charge >= 0.3 is 0 Å². The van der Waals surface area contributed by atoms with Gasteiger partial charge in [0.2, 0.25) is 12.7 Å². The second-order valence-corrected chi connectivity index (χ2v) is 3.57. The second-order valence-electron chi connectivity index (χ2n) is 3.57. The fraction of sp³-hybridized carbons (Fsp3) is 0.333. The van der Waals surface area contributed by atoms with Crippen LogP contribution in [0.1, 0.15) is 12.0 Å². The molecule has 0 aromatic heterocycles. The Hall–Kier alpha value is -1.68. The molecule has 1 amide bonds. The molecular weight excluding hydrogens is 206 g/mol. The Morgan fingerprint density at radius 3 is 2.62 bits per heavy atom. The van der Waals surface area contributed by atoms with Crippen LogP contribution in [-0.2, 0) is 16.0 Å². The molecule has 4 nitrogen and oxygen atoms in total. The molecule has 16 heavy (non-hydrogen) atoms. The summed E-state index contributed by atoms with van der Waals surface area (Å²) in [6.45, 7) is -0.000165. The number of aryl methyl sites for hydroxylation is 1. The van der Waals surface area contributed by atoms with Gasteiger partial charge in [0.25, 0.3) is 0 Å². The van der Waals surface area contributed by atoms with E-state index in [1.807, 2.05) is 36.6 Å². The van der Waals surface area contributed by atoms with Crippen molar-refractivity contribution in [3.8, 4) is 0 Å². The molecule has 0 bridgehead atoms. The Kier molecular flexibility index (Phi) is 5.22. The molecule has 0 aliphatic heterocycles. The Morgan fingerprint density at radius 1 is 1.38 bits per heavy atom. The second kappa shape index (κ2) is 6.74. The van der Waals surface area contributed by atoms with E-state index in [0.717, 1.165) is 12.0 Å². The van der Waals surface area contributed by atoms with Crippen LogP contribution >= 0.6 is 0 Å². The average Bonchev–Trinajstić information content (AvgIpc) is 2.35. The van der Waals surface area contributed by atoms with Gasteiger partial charge in [0.15, 0.2) is 0 Å². The first kappa shape index (κ1) is 12.4. The fourth-order valence-electron chi connectivity index (χ4n) is 1.44. The van der Waals surface area contributed by atoms with Crippen molar-refractivity contribution in [2.75, 3.05) is 6.54 Å². The highest BCUT2D eigenvalue weighted by atomic mass is 16.5. The van der Waals surface area contributed by atoms with Crippen molar-refractivity contribution in [3.63, 3.8) is 0 Å². The quantitative estimate of drug-likeness (QED) is 0.426. The van der Waals surface area contributed by atoms with Crippen LogP contribution in [0.3, 0.4) is 0 Å². The lowest BCUT2D eigenvalue weighted by Gasteiger charge is -2.13. The molecule has 0 fully saturated rings. The third-order valence-corrected chi connectivity index (χ3v) is 2.32. The molecule has 1 aromatic rings. The van der Waals surface area contributed by atoms with Gasteiger partial charge in [-0.25, -0.2) is 5.06 Å². The molecule has 1 atom stereocenters. The predicted octanol–water partition coefficient (Wildman–Crippen LogP) is 1.19. The lowest BCUT2D eigenvalue weighted by Crippen LogP contribution is -2.26. The third kappa shape index (κ3) is 4.23. The Labute approximate surface area is 94.5 Å². The van der Waals surface area contributed by atoms with E-state index in [2.05, 4.69) is 0 Å². The number of benzene rings is 1. The lowest BCUT2D eigenvalue weighted by atomic mass is 10.0. The van der Waals surface area contributed by atoms with Gasteiger partial charge in [-0.15, -0.1) is 0 Å². The molecule has 85 valence electrons. The number of amides is 1. The van der Waals surface area contributed by atoms with E-state index in [1.165, 1.54) is 0 Å². The van der Waals surface area contributed by atoms with Gasteiger partial charge in [-0.2, -0.15) is 0 Å². The molecule has 0 saturated carbocycles. The van der Waals surface area contributed by atoms with E-state index in [9.17, 15) is 9.59 Å². The van der Waals surface area contributed by atoms with E-state index < -0.39 is 5.92 Å². The third-order valence-electron chi connectivity index (χ3n) is 2.32. The number of nitrogens with zero attached hydrogens (tertiary/aromatic N) is 1. The van der Waals surface area contributed by atoms with Gasteiger partial charge in [0, 0.05) is 5.92 Å². The summed E-state index contributed by atoms with van der Waals surface area (Å²) in [5.41, 5.74) is 1.12. The van der Waals surface area contributed by atoms with Crippen molar-refractivity contribution in [1.82, 2.24) is 5.06 Å². The van der Waals surface area contributed by atoms with Crippen LogP contribution < -0.4 is 0 Å². The Morgan fingerprint density at radius 2 is 2.06 bits per heavy atom. The summed E-state index contributed by atoms with van der Waals surface area (Å²) in [6, 6.07) is 9.72. The zero-order valence-electron chi connectivity index (χ0n) is 8.87. The number of rotatable bonds is 7. The summed E-state index contributed by atoms with van der Waals surface area (Å²) >= 11 is 0. The first-order chi connectivity index (χ1) is 7.76. The molecule has 0 heterocycles. The maximum atomic E-state index is 10.6. The van der Waals surface area contributed by atoms with Gasteiger partial charge in [0.05, 0.1) is 6.54 Å². The van der Waals surface area contributed by atoms with Gasteiger partial charge in [0.1, 0.15) is 0 Å². The molecule has 0 aliphatic carbocycles. The lowest BCUT2D eigenvalue weighted by molar-refractivity contribution is -0.151. The van der Waals surface area contributed by atoms with Crippen molar-refractivity contribution >= 4 is 12.7 Å². The molecule has 1 unspecified atom stereocenters. The van der Waals surface area contributed by atoms with Gasteiger partial charge in [-0.3, -0.25) is 14.8 Å². The van der Waals surface area contributed by atoms with Crippen LogP contribution in [0.25, 0.3) is 0 Å². The number of hydroxylamine groups is 2. The van der Waals surface area contributed by atoms with Crippen LogP contribution in [0.2, 0.25) is 0 Å². The molecule has 4 heteroatoms. The maximum absolute atomic E-state index is 10.6. The number of carbonyl (C=O) groups is 1. The standard InChI is InChI=1S/C12H14NO3/c14-9-12(8-13(16)10-15)7-6-11-4-2-1-3-5-11/h1-5,10,12,16H,6-8H2. The highest BCUT2D eigenvalue weighted by molar-refractivity contribution is 5.56. The first-order valence-corrected chi connectivity index (χ1v) is 5.08. The summed E-state index contributed by atoms with van der Waals surface area (Å²) in [5.74, 6) is -0.449. The van der Waals surface area contributed by atoms with Crippen LogP contribution in [-0.4, -0.2) is 29.5 Å². The van der Waals surface area contributed by atoms with Crippen LogP contribution in [0.5, 0.6) is 0 Å². The summed E-state index contributed by atoms with van der Waals surface area (Å²) < 4.78 is 0. The van der Waals surface area contributed by atoms with Gasteiger partial charge < -0.3 is 0 Å². The van der Waals surface area contributed by atoms with Crippen LogP contribution in [0.15, 0.2) is 30.3 Å². The van der Waals surface area contributed by atoms with E-state index in [1.54, 1.807) is 0 Å². The van der Waals surface area contributed by atoms with Crippen LogP contribution in [0, 0.1) is 5.92 Å². The van der Waals surface area contributed by atoms with E-state index in [-0.39, 0.29) is 13.0 Å². The zero-order chi connectivity index (χ0) is 11.8. The monoisotopic (exact) mass is 220 g/mol. The molecule has 0 aliphatic rings. The van der Waals surface area contributed by atoms with E-state index >= 15 is 0 Å². The SMILES string of the molecule is O=[C]C(CCc1ccccc1)CN(O)C=O. The zero-order valence-corrected chi connectivity index (χ0v) is 8.87. The predicted molar refractivity (Wildman–Crippen MR) is 58.5 cm³/mol. The number of hydrogen-bond donors (Lipinski definition) is 1. The fourth-order valence-corrected chi connectivity index (χ4v) is 1.44. The smallest absolute Gasteiger partial charge is 0.233 e. The van der Waals surface area contributed by atoms with E-state index in [0.29, 0.717) is 11.5 Å². The maximum Gasteiger partial charge on any atom is 0.233 e. The summed E-state index contributed by atoms with van der Waals surface area (Å²) in [4.78, 5) is 20.8. The minimum Gasteiger partial charge on any atom is -0.290 e. The van der Waals surface area contributed by atoms with Crippen LogP contribution in [0.4, 0.5) is 0 Å². The van der Waals surface area contributed by atoms with E-state index in [4.69, 9.17) is 5.21 Å². The Bertz CT molecular complexity index is 326. The van der Waals surface area contributed by atoms with Crippen molar-refractivity contribution in [2.24, 2.45) is 5.92 Å². The number of carbonyl (C=O) groups excluding carboxylic acids is 2. The molecule has 0 spiro atoms. The summed E-state index contributed by atoms with van der Waals surface area (Å²) in [5, 5.41) is 9.42. The largest absolute Gasteiger partial charge is 0.290 e. The topological polar surface area (TPSA) is 57.6 Å². The number of hydrogen-bond acceptors (Lipinski definition) is 3. The molecule has 1 aromatic carbocycles. The van der Waals surface area contributed by atoms with Gasteiger partial charge in [-0.1, -0.05) is 30.3 Å². The Balaban J connectivity index is 2.40. The first-order valence-electron chi connectivity index (χ1n) is 5.08. The van der Waals surface area contributed by atoms with Crippen molar-refractivity contribution in [1.29, 1.82) is 0 Å². The average molecular weight is 220 g/mol. The molecular formula is C12H14NO3. The van der Waals surface area contributed by atoms with Crippen molar-refractivity contribution in [2.45, 2.75) is 12.8 Å². The van der Waals surface area contributed by atoms with Crippen molar-refractivity contribution < 1.29 is 14.8 Å². The highest BCUT2D eigenvalue weighted by Crippen LogP contribution is 2.08. The minimum absolute atomic E-state index is 0.000165. The molecule has 1 N–H and O–H groups in total. The summed E-state index contributed by atoms with van der Waals surface area (Å²) in [6.07, 6.45) is 3.41. The molecule has 0 saturated heterocycles. The van der Waals surface area contributed by atoms with Gasteiger partial charge in [-0.05, 0) is 18.4 Å². The normalized spacial score (nSPS) is 11.8. The highest BCUT2D eigenvalue weighted by Gasteiger charge is 2.11. The minimum atomic E-state index is -0.449.